The normalized spacial score (nSPS) is 12.9. The number of rotatable bonds is 11. The summed E-state index contributed by atoms with van der Waals surface area (Å²) in [5, 5.41) is 6.20. The summed E-state index contributed by atoms with van der Waals surface area (Å²) in [5.41, 5.74) is 5.89. The van der Waals surface area contributed by atoms with Crippen LogP contribution in [0.3, 0.4) is 0 Å². The van der Waals surface area contributed by atoms with Crippen LogP contribution in [0.4, 0.5) is 10.2 Å². The lowest BCUT2D eigenvalue weighted by Gasteiger charge is -2.24. The van der Waals surface area contributed by atoms with E-state index in [0.717, 1.165) is 12.8 Å². The van der Waals surface area contributed by atoms with Crippen molar-refractivity contribution in [2.24, 2.45) is 0 Å². The summed E-state index contributed by atoms with van der Waals surface area (Å²) in [6, 6.07) is 5.50. The third kappa shape index (κ3) is 6.74. The van der Waals surface area contributed by atoms with Gasteiger partial charge in [-0.05, 0) is 38.0 Å². The number of carbonyl (C=O) groups excluding carboxylic acids is 2. The SMILES string of the molecule is CCCCNC(=O)C[C@H](C)N[C@H](CC)c1ccc(Cl)c(C(=O)c2ccc(N)nc2)c1F. The van der Waals surface area contributed by atoms with Gasteiger partial charge in [-0.25, -0.2) is 9.37 Å². The molecular weight excluding hydrogens is 419 g/mol. The van der Waals surface area contributed by atoms with Gasteiger partial charge in [-0.1, -0.05) is 37.9 Å². The molecule has 0 aliphatic carbocycles. The first-order valence-electron chi connectivity index (χ1n) is 10.5. The van der Waals surface area contributed by atoms with E-state index in [2.05, 4.69) is 22.5 Å². The number of nitrogens with two attached hydrogens (primary N) is 1. The van der Waals surface area contributed by atoms with Crippen LogP contribution in [0.2, 0.25) is 5.02 Å². The molecule has 0 aliphatic heterocycles. The number of benzene rings is 1. The number of unbranched alkanes of at least 4 members (excludes halogenated alkanes) is 1. The third-order valence-corrected chi connectivity index (χ3v) is 5.33. The predicted octanol–water partition coefficient (Wildman–Crippen LogP) is 4.42. The predicted molar refractivity (Wildman–Crippen MR) is 122 cm³/mol. The fourth-order valence-corrected chi connectivity index (χ4v) is 3.55. The molecule has 8 heteroatoms. The molecule has 1 heterocycles. The molecule has 1 amide bonds. The van der Waals surface area contributed by atoms with Crippen LogP contribution in [0.5, 0.6) is 0 Å². The Morgan fingerprint density at radius 2 is 1.97 bits per heavy atom. The van der Waals surface area contributed by atoms with Crippen molar-refractivity contribution in [3.8, 4) is 0 Å². The lowest BCUT2D eigenvalue weighted by Crippen LogP contribution is -2.36. The van der Waals surface area contributed by atoms with Gasteiger partial charge < -0.3 is 16.4 Å². The van der Waals surface area contributed by atoms with E-state index < -0.39 is 11.6 Å². The molecule has 0 aliphatic rings. The Morgan fingerprint density at radius 1 is 1.23 bits per heavy atom. The van der Waals surface area contributed by atoms with Crippen LogP contribution >= 0.6 is 11.6 Å². The van der Waals surface area contributed by atoms with Crippen LogP contribution < -0.4 is 16.4 Å². The van der Waals surface area contributed by atoms with Gasteiger partial charge in [-0.3, -0.25) is 9.59 Å². The second-order valence-corrected chi connectivity index (χ2v) is 7.97. The number of nitrogens with zero attached hydrogens (tertiary/aromatic N) is 1. The van der Waals surface area contributed by atoms with E-state index in [9.17, 15) is 9.59 Å². The maximum atomic E-state index is 15.4. The fraction of sp³-hybridized carbons (Fsp3) is 0.435. The van der Waals surface area contributed by atoms with Crippen LogP contribution in [0.15, 0.2) is 30.5 Å². The fourth-order valence-electron chi connectivity index (χ4n) is 3.31. The zero-order valence-corrected chi connectivity index (χ0v) is 18.9. The summed E-state index contributed by atoms with van der Waals surface area (Å²) in [4.78, 5) is 28.8. The number of aromatic nitrogens is 1. The third-order valence-electron chi connectivity index (χ3n) is 5.01. The number of anilines is 1. The van der Waals surface area contributed by atoms with Crippen molar-refractivity contribution in [1.29, 1.82) is 0 Å². The zero-order valence-electron chi connectivity index (χ0n) is 18.2. The Morgan fingerprint density at radius 3 is 2.58 bits per heavy atom. The number of ketones is 1. The highest BCUT2D eigenvalue weighted by atomic mass is 35.5. The van der Waals surface area contributed by atoms with Gasteiger partial charge in [0.15, 0.2) is 5.78 Å². The molecule has 0 unspecified atom stereocenters. The van der Waals surface area contributed by atoms with Crippen molar-refractivity contribution in [3.05, 3.63) is 58.0 Å². The smallest absolute Gasteiger partial charge is 0.221 e. The molecule has 1 aromatic carbocycles. The summed E-state index contributed by atoms with van der Waals surface area (Å²) < 4.78 is 15.4. The molecule has 0 saturated carbocycles. The Balaban J connectivity index is 2.20. The van der Waals surface area contributed by atoms with Crippen molar-refractivity contribution in [2.45, 2.75) is 58.5 Å². The van der Waals surface area contributed by atoms with E-state index in [-0.39, 0.29) is 46.4 Å². The van der Waals surface area contributed by atoms with E-state index in [1.807, 2.05) is 13.8 Å². The largest absolute Gasteiger partial charge is 0.384 e. The van der Waals surface area contributed by atoms with E-state index in [0.29, 0.717) is 18.5 Å². The summed E-state index contributed by atoms with van der Waals surface area (Å²) in [7, 11) is 0. The number of amides is 1. The molecule has 6 nitrogen and oxygen atoms in total. The number of pyridine rings is 1. The van der Waals surface area contributed by atoms with E-state index >= 15 is 4.39 Å². The maximum absolute atomic E-state index is 15.4. The number of nitrogen functional groups attached to an aromatic ring is 1. The van der Waals surface area contributed by atoms with Crippen molar-refractivity contribution in [3.63, 3.8) is 0 Å². The van der Waals surface area contributed by atoms with Gasteiger partial charge in [0, 0.05) is 42.4 Å². The van der Waals surface area contributed by atoms with E-state index in [1.165, 1.54) is 24.4 Å². The van der Waals surface area contributed by atoms with Crippen LogP contribution in [0.25, 0.3) is 0 Å². The lowest BCUT2D eigenvalue weighted by atomic mass is 9.96. The van der Waals surface area contributed by atoms with Gasteiger partial charge in [-0.15, -0.1) is 0 Å². The Hall–Kier alpha value is -2.51. The number of hydrogen-bond acceptors (Lipinski definition) is 5. The lowest BCUT2D eigenvalue weighted by molar-refractivity contribution is -0.121. The Bertz CT molecular complexity index is 905. The molecule has 0 bridgehead atoms. The highest BCUT2D eigenvalue weighted by Crippen LogP contribution is 2.30. The van der Waals surface area contributed by atoms with Gasteiger partial charge in [0.25, 0.3) is 0 Å². The van der Waals surface area contributed by atoms with Crippen LogP contribution in [0, 0.1) is 5.82 Å². The Kier molecular flexibility index (Phi) is 9.40. The molecule has 1 aromatic heterocycles. The second kappa shape index (κ2) is 11.8. The monoisotopic (exact) mass is 448 g/mol. The standard InChI is InChI=1S/C23H30ClFN4O2/c1-4-6-11-27-20(30)12-14(3)29-18(5-2)16-8-9-17(24)21(22(16)25)23(31)15-7-10-19(26)28-13-15/h7-10,13-14,18,29H,4-6,11-12H2,1-3H3,(H2,26,28)(H,27,30)/t14-,18+/m0/s1. The second-order valence-electron chi connectivity index (χ2n) is 7.56. The van der Waals surface area contributed by atoms with Crippen molar-refractivity contribution in [1.82, 2.24) is 15.6 Å². The number of carbonyl (C=O) groups is 2. The topological polar surface area (TPSA) is 97.1 Å². The molecular formula is C23H30ClFN4O2. The first-order valence-corrected chi connectivity index (χ1v) is 10.9. The molecule has 0 fully saturated rings. The summed E-state index contributed by atoms with van der Waals surface area (Å²) in [6.07, 6.45) is 4.08. The molecule has 0 spiro atoms. The molecule has 31 heavy (non-hydrogen) atoms. The zero-order chi connectivity index (χ0) is 23.0. The number of hydrogen-bond donors (Lipinski definition) is 3. The number of halogens is 2. The van der Waals surface area contributed by atoms with Crippen molar-refractivity contribution in [2.75, 3.05) is 12.3 Å². The summed E-state index contributed by atoms with van der Waals surface area (Å²) >= 11 is 6.18. The highest BCUT2D eigenvalue weighted by molar-refractivity contribution is 6.35. The van der Waals surface area contributed by atoms with Crippen LogP contribution in [-0.4, -0.2) is 29.3 Å². The molecule has 2 rings (SSSR count). The minimum Gasteiger partial charge on any atom is -0.384 e. The first-order chi connectivity index (χ1) is 14.8. The molecule has 2 atom stereocenters. The molecule has 2 aromatic rings. The minimum atomic E-state index is -0.673. The molecule has 0 saturated heterocycles. The maximum Gasteiger partial charge on any atom is 0.221 e. The summed E-state index contributed by atoms with van der Waals surface area (Å²) in [5.74, 6) is -1.02. The van der Waals surface area contributed by atoms with Crippen molar-refractivity contribution < 1.29 is 14.0 Å². The van der Waals surface area contributed by atoms with E-state index in [4.69, 9.17) is 17.3 Å². The minimum absolute atomic E-state index is 0.0290. The molecule has 0 radical (unpaired) electrons. The van der Waals surface area contributed by atoms with Gasteiger partial charge in [0.05, 0.1) is 10.6 Å². The average Bonchev–Trinajstić information content (AvgIpc) is 2.73. The van der Waals surface area contributed by atoms with Crippen LogP contribution in [0.1, 0.15) is 74.0 Å². The van der Waals surface area contributed by atoms with Gasteiger partial charge >= 0.3 is 0 Å². The highest BCUT2D eigenvalue weighted by Gasteiger charge is 2.25. The quantitative estimate of drug-likeness (QED) is 0.349. The summed E-state index contributed by atoms with van der Waals surface area (Å²) in [6.45, 7) is 6.50. The van der Waals surface area contributed by atoms with E-state index in [1.54, 1.807) is 6.07 Å². The van der Waals surface area contributed by atoms with Crippen LogP contribution in [-0.2, 0) is 4.79 Å². The number of nitrogens with one attached hydrogen (secondary N) is 2. The van der Waals surface area contributed by atoms with Gasteiger partial charge in [0.1, 0.15) is 11.6 Å². The molecule has 4 N–H and O–H groups in total. The Labute approximate surface area is 187 Å². The molecule has 168 valence electrons. The first kappa shape index (κ1) is 24.8. The van der Waals surface area contributed by atoms with Gasteiger partial charge in [-0.2, -0.15) is 0 Å². The van der Waals surface area contributed by atoms with Gasteiger partial charge in [0.2, 0.25) is 5.91 Å². The average molecular weight is 449 g/mol. The van der Waals surface area contributed by atoms with Crippen molar-refractivity contribution >= 4 is 29.1 Å².